The topological polar surface area (TPSA) is 32.3 Å². The molecule has 0 aliphatic carbocycles. The van der Waals surface area contributed by atoms with Gasteiger partial charge in [0, 0.05) is 35.6 Å². The third-order valence-corrected chi connectivity index (χ3v) is 5.98. The summed E-state index contributed by atoms with van der Waals surface area (Å²) in [6, 6.07) is 4.14. The summed E-state index contributed by atoms with van der Waals surface area (Å²) >= 11 is 4.15. The second-order valence-electron chi connectivity index (χ2n) is 4.78. The molecule has 1 unspecified atom stereocenters. The highest BCUT2D eigenvalue weighted by atomic mass is 32.2. The number of aromatic hydroxyl groups is 1. The van der Waals surface area contributed by atoms with Crippen LogP contribution in [0.25, 0.3) is 0 Å². The van der Waals surface area contributed by atoms with E-state index in [1.807, 2.05) is 13.8 Å². The quantitative estimate of drug-likeness (QED) is 0.890. The van der Waals surface area contributed by atoms with E-state index in [4.69, 9.17) is 0 Å². The van der Waals surface area contributed by atoms with Crippen molar-refractivity contribution in [2.75, 3.05) is 23.8 Å². The Labute approximate surface area is 118 Å². The van der Waals surface area contributed by atoms with E-state index in [0.29, 0.717) is 5.75 Å². The van der Waals surface area contributed by atoms with Gasteiger partial charge in [0.25, 0.3) is 0 Å². The Morgan fingerprint density at radius 2 is 2.00 bits per heavy atom. The Kier molecular flexibility index (Phi) is 5.27. The van der Waals surface area contributed by atoms with Crippen LogP contribution >= 0.6 is 23.5 Å². The van der Waals surface area contributed by atoms with Gasteiger partial charge in [-0.3, -0.25) is 0 Å². The summed E-state index contributed by atoms with van der Waals surface area (Å²) in [6.07, 6.45) is 0. The highest BCUT2D eigenvalue weighted by Crippen LogP contribution is 2.24. The Morgan fingerprint density at radius 3 is 2.61 bits per heavy atom. The molecule has 1 aromatic rings. The van der Waals surface area contributed by atoms with Gasteiger partial charge < -0.3 is 10.4 Å². The van der Waals surface area contributed by atoms with Crippen LogP contribution in [-0.4, -0.2) is 34.2 Å². The van der Waals surface area contributed by atoms with Crippen LogP contribution in [0.15, 0.2) is 12.1 Å². The zero-order valence-electron chi connectivity index (χ0n) is 11.0. The van der Waals surface area contributed by atoms with Gasteiger partial charge in [0.05, 0.1) is 0 Å². The van der Waals surface area contributed by atoms with Gasteiger partial charge in [0.2, 0.25) is 0 Å². The lowest BCUT2D eigenvalue weighted by Gasteiger charge is -2.21. The van der Waals surface area contributed by atoms with E-state index in [2.05, 4.69) is 41.0 Å². The molecule has 18 heavy (non-hydrogen) atoms. The van der Waals surface area contributed by atoms with E-state index in [-0.39, 0.29) is 0 Å². The molecule has 0 aromatic heterocycles. The summed E-state index contributed by atoms with van der Waals surface area (Å²) in [5, 5.41) is 14.0. The fraction of sp³-hybridized carbons (Fsp3) is 0.571. The molecular formula is C14H21NOS2. The van der Waals surface area contributed by atoms with E-state index in [9.17, 15) is 5.11 Å². The monoisotopic (exact) mass is 283 g/mol. The minimum Gasteiger partial charge on any atom is -0.507 e. The van der Waals surface area contributed by atoms with E-state index in [0.717, 1.165) is 29.5 Å². The number of aryl methyl sites for hydroxylation is 2. The predicted molar refractivity (Wildman–Crippen MR) is 82.9 cm³/mol. The van der Waals surface area contributed by atoms with Gasteiger partial charge in [-0.15, -0.1) is 0 Å². The largest absolute Gasteiger partial charge is 0.507 e. The summed E-state index contributed by atoms with van der Waals surface area (Å²) in [7, 11) is 0. The Morgan fingerprint density at radius 1 is 1.28 bits per heavy atom. The Hall–Kier alpha value is -0.320. The number of nitrogens with one attached hydrogen (secondary N) is 1. The molecule has 100 valence electrons. The van der Waals surface area contributed by atoms with Gasteiger partial charge in [-0.2, -0.15) is 23.5 Å². The van der Waals surface area contributed by atoms with Gasteiger partial charge in [0.15, 0.2) is 0 Å². The van der Waals surface area contributed by atoms with Crippen LogP contribution in [0.4, 0.5) is 0 Å². The van der Waals surface area contributed by atoms with Gasteiger partial charge in [0.1, 0.15) is 5.75 Å². The number of benzene rings is 1. The van der Waals surface area contributed by atoms with E-state index in [1.165, 1.54) is 22.8 Å². The fourth-order valence-corrected chi connectivity index (χ4v) is 4.83. The first-order valence-electron chi connectivity index (χ1n) is 6.36. The van der Waals surface area contributed by atoms with Crippen molar-refractivity contribution in [1.29, 1.82) is 0 Å². The minimum absolute atomic E-state index is 0.429. The molecule has 0 saturated carbocycles. The molecule has 2 nitrogen and oxygen atoms in total. The number of rotatable bonds is 4. The molecule has 0 radical (unpaired) electrons. The molecule has 2 N–H and O–H groups in total. The first-order valence-corrected chi connectivity index (χ1v) is 8.56. The molecule has 1 aliphatic rings. The molecule has 0 bridgehead atoms. The van der Waals surface area contributed by atoms with Crippen LogP contribution in [0, 0.1) is 13.8 Å². The van der Waals surface area contributed by atoms with Gasteiger partial charge >= 0.3 is 0 Å². The predicted octanol–water partition coefficient (Wildman–Crippen LogP) is 2.95. The third-order valence-electron chi connectivity index (χ3n) is 3.14. The molecule has 1 heterocycles. The van der Waals surface area contributed by atoms with Crippen LogP contribution in [0.5, 0.6) is 5.75 Å². The highest BCUT2D eigenvalue weighted by molar-refractivity contribution is 8.06. The Bertz CT molecular complexity index is 380. The maximum atomic E-state index is 9.73. The standard InChI is InChI=1S/C14H21NOS2/c1-10-5-12(6-11(2)14(10)16)7-15-8-13-9-17-3-4-18-13/h5-6,13,15-16H,3-4,7-9H2,1-2H3. The van der Waals surface area contributed by atoms with Crippen molar-refractivity contribution in [3.05, 3.63) is 28.8 Å². The number of phenolic OH excluding ortho intramolecular Hbond substituents is 1. The molecule has 2 rings (SSSR count). The van der Waals surface area contributed by atoms with Crippen molar-refractivity contribution in [1.82, 2.24) is 5.32 Å². The lowest BCUT2D eigenvalue weighted by molar-refractivity contribution is 0.466. The molecule has 1 aliphatic heterocycles. The maximum Gasteiger partial charge on any atom is 0.121 e. The van der Waals surface area contributed by atoms with Crippen molar-refractivity contribution in [3.63, 3.8) is 0 Å². The average Bonchev–Trinajstić information content (AvgIpc) is 2.37. The van der Waals surface area contributed by atoms with Crippen LogP contribution in [0.2, 0.25) is 0 Å². The molecule has 0 spiro atoms. The number of thioether (sulfide) groups is 2. The summed E-state index contributed by atoms with van der Waals surface area (Å²) < 4.78 is 0. The summed E-state index contributed by atoms with van der Waals surface area (Å²) in [5.74, 6) is 4.29. The van der Waals surface area contributed by atoms with E-state index < -0.39 is 0 Å². The number of hydrogen-bond donors (Lipinski definition) is 2. The molecular weight excluding hydrogens is 262 g/mol. The fourth-order valence-electron chi connectivity index (χ4n) is 2.18. The smallest absolute Gasteiger partial charge is 0.121 e. The second-order valence-corrected chi connectivity index (χ2v) is 7.33. The lowest BCUT2D eigenvalue weighted by atomic mass is 10.1. The third kappa shape index (κ3) is 3.84. The van der Waals surface area contributed by atoms with Crippen molar-refractivity contribution in [3.8, 4) is 5.75 Å². The minimum atomic E-state index is 0.429. The molecule has 1 saturated heterocycles. The number of hydrogen-bond acceptors (Lipinski definition) is 4. The Balaban J connectivity index is 1.82. The van der Waals surface area contributed by atoms with Crippen molar-refractivity contribution < 1.29 is 5.11 Å². The average molecular weight is 283 g/mol. The van der Waals surface area contributed by atoms with E-state index >= 15 is 0 Å². The zero-order chi connectivity index (χ0) is 13.0. The van der Waals surface area contributed by atoms with Crippen molar-refractivity contribution in [2.45, 2.75) is 25.6 Å². The molecule has 1 atom stereocenters. The summed E-state index contributed by atoms with van der Waals surface area (Å²) in [5.41, 5.74) is 3.19. The van der Waals surface area contributed by atoms with Gasteiger partial charge in [-0.25, -0.2) is 0 Å². The summed E-state index contributed by atoms with van der Waals surface area (Å²) in [6.45, 7) is 5.89. The van der Waals surface area contributed by atoms with Crippen LogP contribution in [-0.2, 0) is 6.54 Å². The van der Waals surface area contributed by atoms with Crippen molar-refractivity contribution >= 4 is 23.5 Å². The van der Waals surface area contributed by atoms with Crippen LogP contribution < -0.4 is 5.32 Å². The molecule has 4 heteroatoms. The first-order chi connectivity index (χ1) is 8.66. The molecule has 0 amide bonds. The maximum absolute atomic E-state index is 9.73. The number of phenols is 1. The van der Waals surface area contributed by atoms with Crippen LogP contribution in [0.1, 0.15) is 16.7 Å². The highest BCUT2D eigenvalue weighted by Gasteiger charge is 2.13. The first kappa shape index (κ1) is 14.1. The van der Waals surface area contributed by atoms with Crippen molar-refractivity contribution in [2.24, 2.45) is 0 Å². The van der Waals surface area contributed by atoms with Gasteiger partial charge in [-0.1, -0.05) is 12.1 Å². The summed E-state index contributed by atoms with van der Waals surface area (Å²) in [4.78, 5) is 0. The normalized spacial score (nSPS) is 20.0. The van der Waals surface area contributed by atoms with Gasteiger partial charge in [-0.05, 0) is 30.5 Å². The SMILES string of the molecule is Cc1cc(CNCC2CSCCS2)cc(C)c1O. The molecule has 1 fully saturated rings. The second kappa shape index (κ2) is 6.73. The van der Waals surface area contributed by atoms with Crippen LogP contribution in [0.3, 0.4) is 0 Å². The van der Waals surface area contributed by atoms with E-state index in [1.54, 1.807) is 0 Å². The zero-order valence-corrected chi connectivity index (χ0v) is 12.7. The molecule has 1 aromatic carbocycles. The lowest BCUT2D eigenvalue weighted by Crippen LogP contribution is -2.28.